The van der Waals surface area contributed by atoms with Crippen LogP contribution in [0.1, 0.15) is 19.4 Å². The van der Waals surface area contributed by atoms with E-state index in [0.717, 1.165) is 16.5 Å². The minimum Gasteiger partial charge on any atom is -0.481 e. The summed E-state index contributed by atoms with van der Waals surface area (Å²) in [5.41, 5.74) is 0.842. The van der Waals surface area contributed by atoms with E-state index >= 15 is 0 Å². The molecule has 0 saturated heterocycles. The van der Waals surface area contributed by atoms with Crippen molar-refractivity contribution in [3.63, 3.8) is 0 Å². The zero-order valence-corrected chi connectivity index (χ0v) is 10.7. The van der Waals surface area contributed by atoms with Crippen molar-refractivity contribution < 1.29 is 9.90 Å². The van der Waals surface area contributed by atoms with E-state index in [2.05, 4.69) is 0 Å². The Morgan fingerprint density at radius 1 is 1.41 bits per heavy atom. The van der Waals surface area contributed by atoms with Crippen LogP contribution in [0, 0.1) is 0 Å². The van der Waals surface area contributed by atoms with Crippen molar-refractivity contribution in [3.8, 4) is 0 Å². The van der Waals surface area contributed by atoms with Gasteiger partial charge in [-0.1, -0.05) is 17.7 Å². The van der Waals surface area contributed by atoms with Gasteiger partial charge in [-0.15, -0.1) is 0 Å². The fourth-order valence-corrected chi connectivity index (χ4v) is 2.14. The van der Waals surface area contributed by atoms with Gasteiger partial charge in [0.05, 0.1) is 5.41 Å². The van der Waals surface area contributed by atoms with Gasteiger partial charge in [-0.3, -0.25) is 4.79 Å². The second kappa shape index (κ2) is 3.77. The molecule has 1 aromatic heterocycles. The Morgan fingerprint density at radius 3 is 2.65 bits per heavy atom. The van der Waals surface area contributed by atoms with E-state index in [0.29, 0.717) is 5.02 Å². The highest BCUT2D eigenvalue weighted by molar-refractivity contribution is 6.31. The Labute approximate surface area is 105 Å². The highest BCUT2D eigenvalue weighted by Crippen LogP contribution is 2.33. The van der Waals surface area contributed by atoms with Crippen molar-refractivity contribution in [2.75, 3.05) is 0 Å². The minimum atomic E-state index is -0.909. The summed E-state index contributed by atoms with van der Waals surface area (Å²) in [5, 5.41) is 10.9. The molecule has 0 radical (unpaired) electrons. The number of carboxylic acid groups (broad SMARTS) is 1. The van der Waals surface area contributed by atoms with Gasteiger partial charge in [-0.2, -0.15) is 0 Å². The maximum absolute atomic E-state index is 11.3. The first-order valence-corrected chi connectivity index (χ1v) is 5.70. The summed E-state index contributed by atoms with van der Waals surface area (Å²) >= 11 is 5.95. The molecule has 1 N–H and O–H groups in total. The molecule has 2 aromatic rings. The van der Waals surface area contributed by atoms with Gasteiger partial charge in [0.1, 0.15) is 0 Å². The first-order valence-electron chi connectivity index (χ1n) is 5.32. The number of nitrogens with zero attached hydrogens (tertiary/aromatic N) is 1. The number of benzene rings is 1. The van der Waals surface area contributed by atoms with Gasteiger partial charge < -0.3 is 9.67 Å². The van der Waals surface area contributed by atoms with Crippen molar-refractivity contribution in [1.29, 1.82) is 0 Å². The molecule has 0 aliphatic carbocycles. The largest absolute Gasteiger partial charge is 0.481 e. The van der Waals surface area contributed by atoms with E-state index in [1.54, 1.807) is 19.9 Å². The lowest BCUT2D eigenvalue weighted by molar-refractivity contribution is -0.142. The molecule has 2 rings (SSSR count). The molecule has 90 valence electrons. The van der Waals surface area contributed by atoms with E-state index in [4.69, 9.17) is 11.6 Å². The summed E-state index contributed by atoms with van der Waals surface area (Å²) < 4.78 is 1.90. The number of hydrogen-bond acceptors (Lipinski definition) is 1. The van der Waals surface area contributed by atoms with Crippen molar-refractivity contribution in [1.82, 2.24) is 4.57 Å². The van der Waals surface area contributed by atoms with Gasteiger partial charge in [0.2, 0.25) is 0 Å². The maximum atomic E-state index is 11.3. The SMILES string of the molecule is Cn1cc(C(C)(C)C(=O)O)c2ccc(Cl)cc21. The van der Waals surface area contributed by atoms with Crippen molar-refractivity contribution >= 4 is 28.5 Å². The number of halogens is 1. The molecular weight excluding hydrogens is 238 g/mol. The molecule has 0 bridgehead atoms. The van der Waals surface area contributed by atoms with E-state index in [1.807, 2.05) is 29.9 Å². The lowest BCUT2D eigenvalue weighted by Gasteiger charge is -2.18. The molecule has 0 amide bonds. The molecule has 1 aromatic carbocycles. The van der Waals surface area contributed by atoms with Gasteiger partial charge in [0.15, 0.2) is 0 Å². The smallest absolute Gasteiger partial charge is 0.313 e. The van der Waals surface area contributed by atoms with Crippen LogP contribution in [0.3, 0.4) is 0 Å². The molecule has 0 fully saturated rings. The molecule has 17 heavy (non-hydrogen) atoms. The third-order valence-corrected chi connectivity index (χ3v) is 3.40. The summed E-state index contributed by atoms with van der Waals surface area (Å²) in [6.45, 7) is 3.41. The second-order valence-corrected chi connectivity index (χ2v) is 5.18. The van der Waals surface area contributed by atoms with Crippen LogP contribution in [0.15, 0.2) is 24.4 Å². The predicted octanol–water partition coefficient (Wildman–Crippen LogP) is 3.19. The molecule has 4 heteroatoms. The van der Waals surface area contributed by atoms with E-state index in [-0.39, 0.29) is 0 Å². The summed E-state index contributed by atoms with van der Waals surface area (Å²) in [7, 11) is 1.89. The average molecular weight is 252 g/mol. The zero-order chi connectivity index (χ0) is 12.8. The monoisotopic (exact) mass is 251 g/mol. The third kappa shape index (κ3) is 1.80. The van der Waals surface area contributed by atoms with E-state index in [9.17, 15) is 9.90 Å². The average Bonchev–Trinajstić information content (AvgIpc) is 2.56. The molecule has 0 aliphatic heterocycles. The fourth-order valence-electron chi connectivity index (χ4n) is 1.97. The molecule has 0 atom stereocenters. The second-order valence-electron chi connectivity index (χ2n) is 4.75. The quantitative estimate of drug-likeness (QED) is 0.891. The molecule has 1 heterocycles. The summed E-state index contributed by atoms with van der Waals surface area (Å²) in [5.74, 6) is -0.833. The van der Waals surface area contributed by atoms with Crippen LogP contribution in [0.25, 0.3) is 10.9 Å². The highest BCUT2D eigenvalue weighted by Gasteiger charge is 2.32. The summed E-state index contributed by atoms with van der Waals surface area (Å²) in [6, 6.07) is 5.50. The number of aryl methyl sites for hydroxylation is 1. The number of carbonyl (C=O) groups is 1. The Bertz CT molecular complexity index is 599. The van der Waals surface area contributed by atoms with Crippen LogP contribution in [0.5, 0.6) is 0 Å². The van der Waals surface area contributed by atoms with Crippen LogP contribution in [-0.2, 0) is 17.3 Å². The van der Waals surface area contributed by atoms with Gasteiger partial charge >= 0.3 is 5.97 Å². The van der Waals surface area contributed by atoms with Crippen LogP contribution in [-0.4, -0.2) is 15.6 Å². The molecule has 0 spiro atoms. The molecule has 0 unspecified atom stereocenters. The third-order valence-electron chi connectivity index (χ3n) is 3.16. The normalized spacial score (nSPS) is 12.0. The number of aliphatic carboxylic acids is 1. The molecule has 0 saturated carbocycles. The number of fused-ring (bicyclic) bond motifs is 1. The Morgan fingerprint density at radius 2 is 2.06 bits per heavy atom. The molecular formula is C13H14ClNO2. The Balaban J connectivity index is 2.76. The molecule has 3 nitrogen and oxygen atoms in total. The van der Waals surface area contributed by atoms with Crippen LogP contribution >= 0.6 is 11.6 Å². The van der Waals surface area contributed by atoms with Gasteiger partial charge in [0, 0.05) is 29.2 Å². The first kappa shape index (κ1) is 12.0. The van der Waals surface area contributed by atoms with Gasteiger partial charge in [0.25, 0.3) is 0 Å². The minimum absolute atomic E-state index is 0.651. The Kier molecular flexibility index (Phi) is 2.66. The number of rotatable bonds is 2. The van der Waals surface area contributed by atoms with Gasteiger partial charge in [-0.05, 0) is 31.5 Å². The highest BCUT2D eigenvalue weighted by atomic mass is 35.5. The summed E-state index contributed by atoms with van der Waals surface area (Å²) in [6.07, 6.45) is 1.86. The van der Waals surface area contributed by atoms with Crippen molar-refractivity contribution in [3.05, 3.63) is 35.0 Å². The lowest BCUT2D eigenvalue weighted by Crippen LogP contribution is -2.28. The predicted molar refractivity (Wildman–Crippen MR) is 68.6 cm³/mol. The van der Waals surface area contributed by atoms with Crippen LogP contribution < -0.4 is 0 Å². The van der Waals surface area contributed by atoms with Crippen LogP contribution in [0.2, 0.25) is 5.02 Å². The van der Waals surface area contributed by atoms with Gasteiger partial charge in [-0.25, -0.2) is 0 Å². The lowest BCUT2D eigenvalue weighted by atomic mass is 9.85. The fraction of sp³-hybridized carbons (Fsp3) is 0.308. The van der Waals surface area contributed by atoms with E-state index < -0.39 is 11.4 Å². The summed E-state index contributed by atoms with van der Waals surface area (Å²) in [4.78, 5) is 11.3. The van der Waals surface area contributed by atoms with E-state index in [1.165, 1.54) is 0 Å². The number of aromatic nitrogens is 1. The zero-order valence-electron chi connectivity index (χ0n) is 9.99. The number of hydrogen-bond donors (Lipinski definition) is 1. The van der Waals surface area contributed by atoms with Crippen molar-refractivity contribution in [2.45, 2.75) is 19.3 Å². The maximum Gasteiger partial charge on any atom is 0.313 e. The van der Waals surface area contributed by atoms with Crippen LogP contribution in [0.4, 0.5) is 0 Å². The van der Waals surface area contributed by atoms with Crippen molar-refractivity contribution in [2.24, 2.45) is 7.05 Å². The first-order chi connectivity index (χ1) is 7.84. The molecule has 0 aliphatic rings. The Hall–Kier alpha value is -1.48. The topological polar surface area (TPSA) is 42.2 Å². The standard InChI is InChI=1S/C13H14ClNO2/c1-13(2,12(16)17)10-7-15(3)11-6-8(14)4-5-9(10)11/h4-7H,1-3H3,(H,16,17). The number of carboxylic acids is 1.